The van der Waals surface area contributed by atoms with Crippen molar-refractivity contribution in [2.45, 2.75) is 97.3 Å². The molecule has 1 saturated heterocycles. The van der Waals surface area contributed by atoms with Crippen LogP contribution in [0, 0.1) is 5.41 Å². The maximum absolute atomic E-state index is 14.0. The maximum Gasteiger partial charge on any atom is 0.317 e. The van der Waals surface area contributed by atoms with Crippen LogP contribution in [-0.4, -0.2) is 86.4 Å². The second-order valence-corrected chi connectivity index (χ2v) is 15.3. The third kappa shape index (κ3) is 6.30. The molecular formula is C27H36F4N2O6S2. The van der Waals surface area contributed by atoms with E-state index in [1.165, 1.54) is 24.9 Å². The average Bonchev–Trinajstić information content (AvgIpc) is 3.34. The molecule has 1 N–H and O–H groups in total. The van der Waals surface area contributed by atoms with E-state index in [1.54, 1.807) is 6.07 Å². The summed E-state index contributed by atoms with van der Waals surface area (Å²) in [5, 5.41) is 9.29. The summed E-state index contributed by atoms with van der Waals surface area (Å²) in [4.78, 5) is 14.3. The third-order valence-corrected chi connectivity index (χ3v) is 11.8. The van der Waals surface area contributed by atoms with Crippen LogP contribution in [0.2, 0.25) is 0 Å². The molecule has 14 heteroatoms. The Morgan fingerprint density at radius 2 is 1.88 bits per heavy atom. The number of ether oxygens (including phenoxy) is 2. The number of aliphatic carboxylic acids is 1. The number of carboxylic acids is 1. The molecule has 0 amide bonds. The Morgan fingerprint density at radius 1 is 1.22 bits per heavy atom. The summed E-state index contributed by atoms with van der Waals surface area (Å²) < 4.78 is 95.3. The van der Waals surface area contributed by atoms with E-state index in [4.69, 9.17) is 9.47 Å². The smallest absolute Gasteiger partial charge is 0.317 e. The van der Waals surface area contributed by atoms with Gasteiger partial charge in [-0.3, -0.25) is 4.79 Å². The summed E-state index contributed by atoms with van der Waals surface area (Å²) in [7, 11) is -2.79. The predicted octanol–water partition coefficient (Wildman–Crippen LogP) is 5.24. The average molecular weight is 625 g/mol. The topological polar surface area (TPSA) is 96.4 Å². The lowest BCUT2D eigenvalue weighted by Gasteiger charge is -2.38. The first-order valence-corrected chi connectivity index (χ1v) is 16.2. The summed E-state index contributed by atoms with van der Waals surface area (Å²) in [5.74, 6) is -6.74. The molecular weight excluding hydrogens is 588 g/mol. The molecule has 4 aliphatic rings. The molecule has 0 radical (unpaired) electrons. The van der Waals surface area contributed by atoms with Crippen molar-refractivity contribution in [1.82, 2.24) is 4.31 Å². The molecule has 0 spiro atoms. The van der Waals surface area contributed by atoms with Gasteiger partial charge in [-0.25, -0.2) is 26.0 Å². The molecule has 41 heavy (non-hydrogen) atoms. The molecule has 1 aromatic rings. The van der Waals surface area contributed by atoms with Gasteiger partial charge in [-0.1, -0.05) is 12.8 Å². The van der Waals surface area contributed by atoms with Crippen LogP contribution in [0.5, 0.6) is 5.75 Å². The Bertz CT molecular complexity index is 1260. The monoisotopic (exact) mass is 624 g/mol. The summed E-state index contributed by atoms with van der Waals surface area (Å²) in [5.41, 5.74) is -0.893. The van der Waals surface area contributed by atoms with Crippen molar-refractivity contribution in [2.75, 3.05) is 38.3 Å². The van der Waals surface area contributed by atoms with E-state index in [1.807, 2.05) is 4.90 Å². The minimum atomic E-state index is -4.18. The SMILES string of the molecule is CN1C(CCC(C)(F)F)CN(C2CCCC2)c2cc(SC3CC(F)(F)C3)c(OCC3(C(=O)O)COC3)cc2S1(=O)=O. The lowest BCUT2D eigenvalue weighted by molar-refractivity contribution is -0.185. The quantitative estimate of drug-likeness (QED) is 0.353. The Hall–Kier alpha value is -1.77. The number of benzene rings is 1. The Morgan fingerprint density at radius 3 is 2.41 bits per heavy atom. The molecule has 1 atom stereocenters. The first-order valence-electron chi connectivity index (χ1n) is 13.9. The van der Waals surface area contributed by atoms with Gasteiger partial charge in [0.2, 0.25) is 21.9 Å². The number of fused-ring (bicyclic) bond motifs is 1. The number of rotatable bonds is 10. The fraction of sp³-hybridized carbons (Fsp3) is 0.741. The fourth-order valence-corrected chi connectivity index (χ4v) is 8.91. The first-order chi connectivity index (χ1) is 19.1. The maximum atomic E-state index is 14.0. The van der Waals surface area contributed by atoms with Gasteiger partial charge in [-0.05, 0) is 32.3 Å². The zero-order valence-corrected chi connectivity index (χ0v) is 24.7. The number of carbonyl (C=O) groups is 1. The van der Waals surface area contributed by atoms with Crippen LogP contribution >= 0.6 is 11.8 Å². The number of carboxylic acid groups (broad SMARTS) is 1. The van der Waals surface area contributed by atoms with Crippen LogP contribution in [0.3, 0.4) is 0 Å². The van der Waals surface area contributed by atoms with Crippen LogP contribution in [0.25, 0.3) is 0 Å². The van der Waals surface area contributed by atoms with Gasteiger partial charge in [0.15, 0.2) is 0 Å². The summed E-state index contributed by atoms with van der Waals surface area (Å²) >= 11 is 1.17. The lowest BCUT2D eigenvalue weighted by atomic mass is 9.87. The highest BCUT2D eigenvalue weighted by Crippen LogP contribution is 2.51. The van der Waals surface area contributed by atoms with E-state index < -0.39 is 51.0 Å². The molecule has 8 nitrogen and oxygen atoms in total. The normalized spacial score (nSPS) is 26.1. The molecule has 1 unspecified atom stereocenters. The fourth-order valence-electron chi connectivity index (χ4n) is 5.92. The largest absolute Gasteiger partial charge is 0.491 e. The van der Waals surface area contributed by atoms with Gasteiger partial charge in [-0.15, -0.1) is 11.8 Å². The van der Waals surface area contributed by atoms with Gasteiger partial charge in [0, 0.05) is 56.3 Å². The number of alkyl halides is 4. The molecule has 0 bridgehead atoms. The Balaban J connectivity index is 1.56. The van der Waals surface area contributed by atoms with Crippen molar-refractivity contribution < 1.29 is 45.4 Å². The van der Waals surface area contributed by atoms with Crippen molar-refractivity contribution in [2.24, 2.45) is 5.41 Å². The Kier molecular flexibility index (Phi) is 8.27. The number of sulfonamides is 1. The highest BCUT2D eigenvalue weighted by atomic mass is 32.2. The lowest BCUT2D eigenvalue weighted by Crippen LogP contribution is -2.53. The van der Waals surface area contributed by atoms with Gasteiger partial charge in [0.25, 0.3) is 0 Å². The van der Waals surface area contributed by atoms with Crippen LogP contribution in [0.1, 0.15) is 58.3 Å². The Labute approximate surface area is 241 Å². The second kappa shape index (κ2) is 11.1. The van der Waals surface area contributed by atoms with Crippen molar-refractivity contribution in [3.8, 4) is 5.75 Å². The number of halogens is 4. The summed E-state index contributed by atoms with van der Waals surface area (Å²) in [6, 6.07) is 2.29. The van der Waals surface area contributed by atoms with Crippen LogP contribution in [0.15, 0.2) is 21.9 Å². The molecule has 2 heterocycles. The van der Waals surface area contributed by atoms with Crippen LogP contribution in [-0.2, 0) is 19.6 Å². The van der Waals surface area contributed by atoms with Gasteiger partial charge in [0.1, 0.15) is 22.7 Å². The van der Waals surface area contributed by atoms with Gasteiger partial charge >= 0.3 is 5.97 Å². The molecule has 2 aliphatic carbocycles. The van der Waals surface area contributed by atoms with Crippen molar-refractivity contribution >= 4 is 33.4 Å². The predicted molar refractivity (Wildman–Crippen MR) is 145 cm³/mol. The highest BCUT2D eigenvalue weighted by molar-refractivity contribution is 8.00. The number of hydrogen-bond donors (Lipinski definition) is 1. The minimum Gasteiger partial charge on any atom is -0.491 e. The number of anilines is 1. The van der Waals surface area contributed by atoms with E-state index in [9.17, 15) is 35.9 Å². The molecule has 1 aromatic carbocycles. The van der Waals surface area contributed by atoms with Gasteiger partial charge in [-0.2, -0.15) is 4.31 Å². The second-order valence-electron chi connectivity index (χ2n) is 12.0. The zero-order chi connectivity index (χ0) is 29.8. The summed E-state index contributed by atoms with van der Waals surface area (Å²) in [6.07, 6.45) is 2.36. The highest BCUT2D eigenvalue weighted by Gasteiger charge is 2.49. The standard InChI is InChI=1S/C27H36F4N2O6S2/c1-25(28,29)8-7-18-13-33(17-5-3-4-6-17)20-9-22(40-19-11-27(30,31)12-19)21(10-23(20)41(36,37)32(18)2)39-16-26(24(34)35)14-38-15-26/h9-10,17-19H,3-8,11-16H2,1-2H3,(H,34,35). The van der Waals surface area contributed by atoms with E-state index in [-0.39, 0.29) is 62.3 Å². The summed E-state index contributed by atoms with van der Waals surface area (Å²) in [6.45, 7) is 0.617. The van der Waals surface area contributed by atoms with Crippen LogP contribution in [0.4, 0.5) is 23.2 Å². The first kappa shape index (κ1) is 30.7. The van der Waals surface area contributed by atoms with Crippen molar-refractivity contribution in [3.63, 3.8) is 0 Å². The molecule has 2 saturated carbocycles. The molecule has 3 fully saturated rings. The van der Waals surface area contributed by atoms with Crippen molar-refractivity contribution in [3.05, 3.63) is 12.1 Å². The minimum absolute atomic E-state index is 0.000135. The van der Waals surface area contributed by atoms with E-state index in [0.717, 1.165) is 36.9 Å². The van der Waals surface area contributed by atoms with E-state index >= 15 is 0 Å². The van der Waals surface area contributed by atoms with Crippen molar-refractivity contribution in [1.29, 1.82) is 0 Å². The molecule has 0 aromatic heterocycles. The number of hydrogen-bond acceptors (Lipinski definition) is 7. The van der Waals surface area contributed by atoms with E-state index in [0.29, 0.717) is 10.6 Å². The van der Waals surface area contributed by atoms with E-state index in [2.05, 4.69) is 0 Å². The molecule has 5 rings (SSSR count). The van der Waals surface area contributed by atoms with Gasteiger partial charge < -0.3 is 19.5 Å². The molecule has 230 valence electrons. The number of likely N-dealkylation sites (N-methyl/N-ethyl adjacent to an activating group) is 1. The third-order valence-electron chi connectivity index (χ3n) is 8.66. The number of thioether (sulfide) groups is 1. The molecule has 2 aliphatic heterocycles. The number of nitrogens with zero attached hydrogens (tertiary/aromatic N) is 2. The van der Waals surface area contributed by atoms with Crippen LogP contribution < -0.4 is 9.64 Å². The van der Waals surface area contributed by atoms with Gasteiger partial charge in [0.05, 0.1) is 23.8 Å². The zero-order valence-electron chi connectivity index (χ0n) is 23.1.